The van der Waals surface area contributed by atoms with Gasteiger partial charge in [-0.25, -0.2) is 4.79 Å². The highest BCUT2D eigenvalue weighted by Crippen LogP contribution is 2.36. The number of aryl methyl sites for hydroxylation is 1. The summed E-state index contributed by atoms with van der Waals surface area (Å²) in [5, 5.41) is 0.981. The third-order valence-electron chi connectivity index (χ3n) is 3.15. The zero-order valence-electron chi connectivity index (χ0n) is 12.6. The first-order chi connectivity index (χ1) is 9.86. The molecule has 5 heteroatoms. The molecule has 1 heterocycles. The molecule has 0 spiro atoms. The van der Waals surface area contributed by atoms with Gasteiger partial charge in [-0.1, -0.05) is 0 Å². The Balaban J connectivity index is 2.42. The van der Waals surface area contributed by atoms with E-state index >= 15 is 0 Å². The van der Waals surface area contributed by atoms with Crippen molar-refractivity contribution in [1.82, 2.24) is 4.98 Å². The molecule has 21 heavy (non-hydrogen) atoms. The predicted octanol–water partition coefficient (Wildman–Crippen LogP) is 4.03. The minimum absolute atomic E-state index is 0.327. The fourth-order valence-corrected chi connectivity index (χ4v) is 2.77. The van der Waals surface area contributed by atoms with Crippen LogP contribution in [0.4, 0.5) is 0 Å². The number of nitrogens with zero attached hydrogens (tertiary/aromatic N) is 1. The van der Waals surface area contributed by atoms with Crippen LogP contribution in [0.1, 0.15) is 26.3 Å². The van der Waals surface area contributed by atoms with E-state index in [-0.39, 0.29) is 5.97 Å². The SMILES string of the molecule is CCOC(=O)C(C)(C)Oc1ccc2nccc(C)c2c1Br. The Hall–Kier alpha value is -1.62. The van der Waals surface area contributed by atoms with E-state index in [9.17, 15) is 4.79 Å². The van der Waals surface area contributed by atoms with E-state index in [2.05, 4.69) is 20.9 Å². The van der Waals surface area contributed by atoms with Crippen molar-refractivity contribution in [3.05, 3.63) is 34.4 Å². The first-order valence-electron chi connectivity index (χ1n) is 6.77. The van der Waals surface area contributed by atoms with Gasteiger partial charge >= 0.3 is 5.97 Å². The Kier molecular flexibility index (Phi) is 4.52. The molecule has 0 aliphatic rings. The van der Waals surface area contributed by atoms with E-state index in [0.29, 0.717) is 12.4 Å². The second-order valence-corrected chi connectivity index (χ2v) is 6.03. The fourth-order valence-electron chi connectivity index (χ4n) is 2.04. The van der Waals surface area contributed by atoms with Gasteiger partial charge in [0.05, 0.1) is 16.6 Å². The van der Waals surface area contributed by atoms with Crippen LogP contribution in [0.2, 0.25) is 0 Å². The number of ether oxygens (including phenoxy) is 2. The molecule has 0 N–H and O–H groups in total. The number of benzene rings is 1. The van der Waals surface area contributed by atoms with Crippen molar-refractivity contribution in [2.75, 3.05) is 6.61 Å². The van der Waals surface area contributed by atoms with E-state index in [1.54, 1.807) is 33.0 Å². The van der Waals surface area contributed by atoms with Crippen LogP contribution in [0.5, 0.6) is 5.75 Å². The van der Waals surface area contributed by atoms with Crippen molar-refractivity contribution in [1.29, 1.82) is 0 Å². The molecule has 0 fully saturated rings. The third kappa shape index (κ3) is 3.18. The van der Waals surface area contributed by atoms with E-state index in [1.165, 1.54) is 0 Å². The summed E-state index contributed by atoms with van der Waals surface area (Å²) in [6.07, 6.45) is 1.77. The van der Waals surface area contributed by atoms with Crippen molar-refractivity contribution in [3.63, 3.8) is 0 Å². The van der Waals surface area contributed by atoms with E-state index in [0.717, 1.165) is 20.9 Å². The average molecular weight is 352 g/mol. The molecule has 0 saturated heterocycles. The highest BCUT2D eigenvalue weighted by atomic mass is 79.9. The standard InChI is InChI=1S/C16H18BrNO3/c1-5-20-15(19)16(3,4)21-12-7-6-11-13(14(12)17)10(2)8-9-18-11/h6-9H,5H2,1-4H3. The lowest BCUT2D eigenvalue weighted by atomic mass is 10.1. The number of fused-ring (bicyclic) bond motifs is 1. The number of aromatic nitrogens is 1. The number of halogens is 1. The first-order valence-corrected chi connectivity index (χ1v) is 7.56. The summed E-state index contributed by atoms with van der Waals surface area (Å²) in [5.74, 6) is 0.205. The number of rotatable bonds is 4. The zero-order valence-corrected chi connectivity index (χ0v) is 14.2. The minimum atomic E-state index is -1.05. The number of esters is 1. The van der Waals surface area contributed by atoms with Gasteiger partial charge in [-0.2, -0.15) is 0 Å². The topological polar surface area (TPSA) is 48.4 Å². The lowest BCUT2D eigenvalue weighted by Gasteiger charge is -2.25. The number of hydrogen-bond acceptors (Lipinski definition) is 4. The summed E-state index contributed by atoms with van der Waals surface area (Å²) in [6.45, 7) is 7.49. The number of carbonyl (C=O) groups is 1. The minimum Gasteiger partial charge on any atom is -0.475 e. The lowest BCUT2D eigenvalue weighted by Crippen LogP contribution is -2.39. The largest absolute Gasteiger partial charge is 0.475 e. The van der Waals surface area contributed by atoms with E-state index in [4.69, 9.17) is 9.47 Å². The molecule has 2 aromatic rings. The molecular formula is C16H18BrNO3. The highest BCUT2D eigenvalue weighted by molar-refractivity contribution is 9.10. The smallest absolute Gasteiger partial charge is 0.349 e. The maximum absolute atomic E-state index is 11.9. The van der Waals surface area contributed by atoms with E-state index < -0.39 is 5.60 Å². The van der Waals surface area contributed by atoms with Gasteiger partial charge in [-0.05, 0) is 67.4 Å². The quantitative estimate of drug-likeness (QED) is 0.780. The molecule has 0 bridgehead atoms. The fraction of sp³-hybridized carbons (Fsp3) is 0.375. The molecule has 2 rings (SSSR count). The molecule has 0 saturated carbocycles. The van der Waals surface area contributed by atoms with Crippen LogP contribution in [0, 0.1) is 6.92 Å². The molecule has 0 radical (unpaired) electrons. The molecule has 1 aromatic carbocycles. The van der Waals surface area contributed by atoms with Crippen LogP contribution in [0.15, 0.2) is 28.9 Å². The molecule has 0 aliphatic heterocycles. The van der Waals surface area contributed by atoms with Crippen LogP contribution >= 0.6 is 15.9 Å². The Bertz CT molecular complexity index is 683. The Morgan fingerprint density at radius 2 is 2.05 bits per heavy atom. The Morgan fingerprint density at radius 3 is 2.71 bits per heavy atom. The van der Waals surface area contributed by atoms with Gasteiger partial charge in [-0.15, -0.1) is 0 Å². The van der Waals surface area contributed by atoms with Crippen molar-refractivity contribution < 1.29 is 14.3 Å². The highest BCUT2D eigenvalue weighted by Gasteiger charge is 2.32. The molecule has 4 nitrogen and oxygen atoms in total. The van der Waals surface area contributed by atoms with Crippen LogP contribution in [-0.2, 0) is 9.53 Å². The molecule has 0 aliphatic carbocycles. The Labute approximate surface area is 132 Å². The predicted molar refractivity (Wildman–Crippen MR) is 85.5 cm³/mol. The molecule has 112 valence electrons. The van der Waals surface area contributed by atoms with Crippen molar-refractivity contribution in [2.45, 2.75) is 33.3 Å². The average Bonchev–Trinajstić information content (AvgIpc) is 2.42. The van der Waals surface area contributed by atoms with Crippen molar-refractivity contribution in [2.24, 2.45) is 0 Å². The van der Waals surface area contributed by atoms with Crippen LogP contribution in [0.3, 0.4) is 0 Å². The Morgan fingerprint density at radius 1 is 1.33 bits per heavy atom. The summed E-state index contributed by atoms with van der Waals surface area (Å²) in [5.41, 5.74) is 0.914. The van der Waals surface area contributed by atoms with Gasteiger partial charge in [0.2, 0.25) is 0 Å². The molecule has 0 amide bonds. The van der Waals surface area contributed by atoms with Crippen LogP contribution in [0.25, 0.3) is 10.9 Å². The maximum atomic E-state index is 11.9. The molecule has 1 aromatic heterocycles. The summed E-state index contributed by atoms with van der Waals surface area (Å²) in [7, 11) is 0. The van der Waals surface area contributed by atoms with Crippen LogP contribution < -0.4 is 4.74 Å². The molecular weight excluding hydrogens is 334 g/mol. The summed E-state index contributed by atoms with van der Waals surface area (Å²) in [4.78, 5) is 16.3. The van der Waals surface area contributed by atoms with Crippen LogP contribution in [-0.4, -0.2) is 23.2 Å². The summed E-state index contributed by atoms with van der Waals surface area (Å²) in [6, 6.07) is 5.62. The monoisotopic (exact) mass is 351 g/mol. The maximum Gasteiger partial charge on any atom is 0.349 e. The zero-order chi connectivity index (χ0) is 15.6. The molecule has 0 unspecified atom stereocenters. The normalized spacial score (nSPS) is 11.5. The third-order valence-corrected chi connectivity index (χ3v) is 3.94. The van der Waals surface area contributed by atoms with Gasteiger partial charge in [-0.3, -0.25) is 4.98 Å². The van der Waals surface area contributed by atoms with Crippen molar-refractivity contribution in [3.8, 4) is 5.75 Å². The summed E-state index contributed by atoms with van der Waals surface area (Å²) >= 11 is 3.56. The lowest BCUT2D eigenvalue weighted by molar-refractivity contribution is -0.158. The number of hydrogen-bond donors (Lipinski definition) is 0. The second-order valence-electron chi connectivity index (χ2n) is 5.23. The number of pyridine rings is 1. The number of carbonyl (C=O) groups excluding carboxylic acids is 1. The van der Waals surface area contributed by atoms with Gasteiger partial charge in [0.1, 0.15) is 5.75 Å². The van der Waals surface area contributed by atoms with Gasteiger partial charge in [0.15, 0.2) is 5.60 Å². The summed E-state index contributed by atoms with van der Waals surface area (Å²) < 4.78 is 11.7. The molecule has 0 atom stereocenters. The van der Waals surface area contributed by atoms with Gasteiger partial charge < -0.3 is 9.47 Å². The van der Waals surface area contributed by atoms with Crippen molar-refractivity contribution >= 4 is 32.8 Å². The van der Waals surface area contributed by atoms with Gasteiger partial charge in [0.25, 0.3) is 0 Å². The van der Waals surface area contributed by atoms with E-state index in [1.807, 2.05) is 19.1 Å². The van der Waals surface area contributed by atoms with Gasteiger partial charge in [0, 0.05) is 11.6 Å². The first kappa shape index (κ1) is 15.8. The second kappa shape index (κ2) is 6.02.